The lowest BCUT2D eigenvalue weighted by atomic mass is 10.2. The number of hydrogen-bond donors (Lipinski definition) is 1. The molecule has 1 aromatic heterocycles. The van der Waals surface area contributed by atoms with Crippen LogP contribution in [0.1, 0.15) is 18.1 Å². The maximum atomic E-state index is 12.4. The SMILES string of the molecule is COc1cc(/C=N\NC(=O)[C@@H](C)Sc2nc3ccccc3s2)ccc1OCc1ccccc1. The zero-order chi connectivity index (χ0) is 23.0. The highest BCUT2D eigenvalue weighted by atomic mass is 32.2. The van der Waals surface area contributed by atoms with E-state index in [1.165, 1.54) is 11.8 Å². The third kappa shape index (κ3) is 6.12. The van der Waals surface area contributed by atoms with Gasteiger partial charge in [0.25, 0.3) is 5.91 Å². The van der Waals surface area contributed by atoms with E-state index in [-0.39, 0.29) is 11.2 Å². The maximum absolute atomic E-state index is 12.4. The fraction of sp³-hybridized carbons (Fsp3) is 0.160. The number of benzene rings is 3. The number of rotatable bonds is 9. The minimum Gasteiger partial charge on any atom is -0.493 e. The molecule has 0 aliphatic heterocycles. The van der Waals surface area contributed by atoms with E-state index in [4.69, 9.17) is 9.47 Å². The molecule has 0 bridgehead atoms. The number of hydrogen-bond acceptors (Lipinski definition) is 7. The van der Waals surface area contributed by atoms with Crippen molar-refractivity contribution in [2.75, 3.05) is 7.11 Å². The lowest BCUT2D eigenvalue weighted by molar-refractivity contribution is -0.120. The highest BCUT2D eigenvalue weighted by Gasteiger charge is 2.16. The van der Waals surface area contributed by atoms with Crippen molar-refractivity contribution >= 4 is 45.4 Å². The number of amides is 1. The average Bonchev–Trinajstić information content (AvgIpc) is 3.26. The molecule has 8 heteroatoms. The van der Waals surface area contributed by atoms with Crippen molar-refractivity contribution in [3.8, 4) is 11.5 Å². The van der Waals surface area contributed by atoms with Crippen LogP contribution in [0, 0.1) is 0 Å². The highest BCUT2D eigenvalue weighted by molar-refractivity contribution is 8.02. The second-order valence-electron chi connectivity index (χ2n) is 7.13. The minimum atomic E-state index is -0.328. The molecular weight excluding hydrogens is 454 g/mol. The van der Waals surface area contributed by atoms with E-state index in [9.17, 15) is 4.79 Å². The predicted octanol–water partition coefficient (Wildman–Crippen LogP) is 5.51. The average molecular weight is 478 g/mol. The Kier molecular flexibility index (Phi) is 7.59. The standard InChI is InChI=1S/C25H23N3O3S2/c1-17(32-25-27-20-10-6-7-11-23(20)33-25)24(29)28-26-15-19-12-13-21(22(14-19)30-2)31-16-18-8-4-3-5-9-18/h3-15,17H,16H2,1-2H3,(H,28,29)/b26-15-/t17-/m1/s1. The molecule has 1 amide bonds. The first-order chi connectivity index (χ1) is 16.1. The Morgan fingerprint density at radius 1 is 1.12 bits per heavy atom. The van der Waals surface area contributed by atoms with Crippen molar-refractivity contribution in [3.63, 3.8) is 0 Å². The number of nitrogens with one attached hydrogen (secondary N) is 1. The number of thiazole rings is 1. The van der Waals surface area contributed by atoms with Crippen LogP contribution in [-0.4, -0.2) is 29.5 Å². The number of para-hydroxylation sites is 1. The van der Waals surface area contributed by atoms with Gasteiger partial charge in [-0.15, -0.1) is 11.3 Å². The molecule has 0 unspecified atom stereocenters. The number of ether oxygens (including phenoxy) is 2. The number of fused-ring (bicyclic) bond motifs is 1. The zero-order valence-corrected chi connectivity index (χ0v) is 19.9. The summed E-state index contributed by atoms with van der Waals surface area (Å²) in [5.41, 5.74) is 5.40. The Bertz CT molecular complexity index is 1230. The summed E-state index contributed by atoms with van der Waals surface area (Å²) in [5.74, 6) is 1.05. The van der Waals surface area contributed by atoms with E-state index >= 15 is 0 Å². The molecule has 0 aliphatic rings. The van der Waals surface area contributed by atoms with Gasteiger partial charge in [0.05, 0.1) is 28.8 Å². The molecule has 0 aliphatic carbocycles. The van der Waals surface area contributed by atoms with Gasteiger partial charge < -0.3 is 9.47 Å². The smallest absolute Gasteiger partial charge is 0.253 e. The summed E-state index contributed by atoms with van der Waals surface area (Å²) in [6, 6.07) is 23.4. The zero-order valence-electron chi connectivity index (χ0n) is 18.2. The Labute approximate surface area is 200 Å². The molecule has 1 atom stereocenters. The van der Waals surface area contributed by atoms with Gasteiger partial charge in [0.2, 0.25) is 0 Å². The third-order valence-corrected chi connectivity index (χ3v) is 6.96. The number of nitrogens with zero attached hydrogens (tertiary/aromatic N) is 2. The van der Waals surface area contributed by atoms with Gasteiger partial charge in [-0.25, -0.2) is 10.4 Å². The van der Waals surface area contributed by atoms with Crippen LogP contribution in [0.3, 0.4) is 0 Å². The minimum absolute atomic E-state index is 0.190. The van der Waals surface area contributed by atoms with E-state index in [2.05, 4.69) is 15.5 Å². The maximum Gasteiger partial charge on any atom is 0.253 e. The van der Waals surface area contributed by atoms with Crippen LogP contribution >= 0.6 is 23.1 Å². The van der Waals surface area contributed by atoms with Gasteiger partial charge in [-0.3, -0.25) is 4.79 Å². The normalized spacial score (nSPS) is 12.1. The Hall–Kier alpha value is -3.36. The molecule has 33 heavy (non-hydrogen) atoms. The Morgan fingerprint density at radius 2 is 1.91 bits per heavy atom. The molecule has 3 aromatic carbocycles. The van der Waals surface area contributed by atoms with Crippen molar-refractivity contribution in [1.82, 2.24) is 10.4 Å². The monoisotopic (exact) mass is 477 g/mol. The van der Waals surface area contributed by atoms with Crippen molar-refractivity contribution < 1.29 is 14.3 Å². The largest absolute Gasteiger partial charge is 0.493 e. The van der Waals surface area contributed by atoms with E-state index in [0.29, 0.717) is 18.1 Å². The fourth-order valence-electron chi connectivity index (χ4n) is 2.99. The van der Waals surface area contributed by atoms with Gasteiger partial charge in [-0.1, -0.05) is 54.2 Å². The molecule has 4 aromatic rings. The van der Waals surface area contributed by atoms with Crippen molar-refractivity contribution in [2.45, 2.75) is 23.1 Å². The molecule has 0 radical (unpaired) electrons. The summed E-state index contributed by atoms with van der Waals surface area (Å²) >= 11 is 3.00. The first kappa shape index (κ1) is 22.8. The van der Waals surface area contributed by atoms with E-state index in [1.807, 2.05) is 79.7 Å². The molecule has 0 spiro atoms. The molecule has 168 valence electrons. The van der Waals surface area contributed by atoms with Crippen LogP contribution in [0.2, 0.25) is 0 Å². The number of hydrazone groups is 1. The molecule has 6 nitrogen and oxygen atoms in total. The van der Waals surface area contributed by atoms with E-state index in [1.54, 1.807) is 24.7 Å². The molecule has 4 rings (SSSR count). The topological polar surface area (TPSA) is 72.8 Å². The summed E-state index contributed by atoms with van der Waals surface area (Å²) in [4.78, 5) is 17.0. The van der Waals surface area contributed by atoms with Gasteiger partial charge >= 0.3 is 0 Å². The van der Waals surface area contributed by atoms with Crippen molar-refractivity contribution in [3.05, 3.63) is 83.9 Å². The Balaban J connectivity index is 1.32. The first-order valence-corrected chi connectivity index (χ1v) is 12.0. The van der Waals surface area contributed by atoms with Gasteiger partial charge in [0.15, 0.2) is 15.8 Å². The van der Waals surface area contributed by atoms with Crippen molar-refractivity contribution in [2.24, 2.45) is 5.10 Å². The van der Waals surface area contributed by atoms with Gasteiger partial charge in [-0.2, -0.15) is 5.10 Å². The Morgan fingerprint density at radius 3 is 2.70 bits per heavy atom. The second kappa shape index (κ2) is 11.0. The summed E-state index contributed by atoms with van der Waals surface area (Å²) in [7, 11) is 1.59. The number of carbonyl (C=O) groups is 1. The molecular formula is C25H23N3O3S2. The predicted molar refractivity (Wildman–Crippen MR) is 134 cm³/mol. The molecule has 1 heterocycles. The summed E-state index contributed by atoms with van der Waals surface area (Å²) in [6.07, 6.45) is 1.58. The van der Waals surface area contributed by atoms with Crippen molar-refractivity contribution in [1.29, 1.82) is 0 Å². The summed E-state index contributed by atoms with van der Waals surface area (Å²) in [6.45, 7) is 2.29. The van der Waals surface area contributed by atoms with Gasteiger partial charge in [-0.05, 0) is 48.4 Å². The third-order valence-electron chi connectivity index (χ3n) is 4.73. The van der Waals surface area contributed by atoms with Crippen LogP contribution < -0.4 is 14.9 Å². The lowest BCUT2D eigenvalue weighted by Gasteiger charge is -2.11. The fourth-order valence-corrected chi connectivity index (χ4v) is 5.19. The van der Waals surface area contributed by atoms with Crippen LogP contribution in [-0.2, 0) is 11.4 Å². The van der Waals surface area contributed by atoms with E-state index < -0.39 is 0 Å². The van der Waals surface area contributed by atoms with Crippen LogP contribution in [0.15, 0.2) is 82.2 Å². The van der Waals surface area contributed by atoms with Crippen LogP contribution in [0.25, 0.3) is 10.2 Å². The van der Waals surface area contributed by atoms with Gasteiger partial charge in [0.1, 0.15) is 6.61 Å². The molecule has 1 N–H and O–H groups in total. The first-order valence-electron chi connectivity index (χ1n) is 10.3. The number of methoxy groups -OCH3 is 1. The number of thioether (sulfide) groups is 1. The van der Waals surface area contributed by atoms with Crippen LogP contribution in [0.4, 0.5) is 0 Å². The summed E-state index contributed by atoms with van der Waals surface area (Å²) < 4.78 is 13.3. The van der Waals surface area contributed by atoms with E-state index in [0.717, 1.165) is 25.7 Å². The second-order valence-corrected chi connectivity index (χ2v) is 9.74. The molecule has 0 fully saturated rings. The van der Waals surface area contributed by atoms with Gasteiger partial charge in [0, 0.05) is 0 Å². The quantitative estimate of drug-likeness (QED) is 0.195. The molecule has 0 saturated heterocycles. The van der Waals surface area contributed by atoms with Crippen LogP contribution in [0.5, 0.6) is 11.5 Å². The summed E-state index contributed by atoms with van der Waals surface area (Å²) in [5, 5.41) is 3.77. The highest BCUT2D eigenvalue weighted by Crippen LogP contribution is 2.32. The lowest BCUT2D eigenvalue weighted by Crippen LogP contribution is -2.26. The number of aromatic nitrogens is 1. The molecule has 0 saturated carbocycles. The number of carbonyl (C=O) groups excluding carboxylic acids is 1.